The van der Waals surface area contributed by atoms with E-state index in [9.17, 15) is 4.79 Å². The van der Waals surface area contributed by atoms with E-state index in [1.54, 1.807) is 22.9 Å². The van der Waals surface area contributed by atoms with Gasteiger partial charge in [0.2, 0.25) is 0 Å². The number of nitrogens with zero attached hydrogens (tertiary/aromatic N) is 2. The zero-order valence-corrected chi connectivity index (χ0v) is 11.8. The number of hydrogen-bond donors (Lipinski definition) is 2. The summed E-state index contributed by atoms with van der Waals surface area (Å²) < 4.78 is 6.46. The number of carbonyl (C=O) groups is 1. The number of nitrogens with one attached hydrogen (secondary N) is 1. The second-order valence-corrected chi connectivity index (χ2v) is 4.56. The molecule has 0 amide bonds. The fourth-order valence-corrected chi connectivity index (χ4v) is 1.97. The number of esters is 1. The van der Waals surface area contributed by atoms with Gasteiger partial charge >= 0.3 is 5.97 Å². The summed E-state index contributed by atoms with van der Waals surface area (Å²) in [5.41, 5.74) is 9.70. The Morgan fingerprint density at radius 3 is 2.85 bits per heavy atom. The predicted octanol–water partition coefficient (Wildman–Crippen LogP) is 1.71. The van der Waals surface area contributed by atoms with E-state index in [0.29, 0.717) is 23.5 Å². The molecule has 0 aliphatic carbocycles. The molecule has 0 aliphatic heterocycles. The third kappa shape index (κ3) is 2.90. The first-order chi connectivity index (χ1) is 9.51. The van der Waals surface area contributed by atoms with E-state index < -0.39 is 0 Å². The van der Waals surface area contributed by atoms with Crippen LogP contribution in [0.25, 0.3) is 0 Å². The highest BCUT2D eigenvalue weighted by molar-refractivity contribution is 5.91. The maximum Gasteiger partial charge on any atom is 0.337 e. The number of rotatable bonds is 4. The number of aryl methyl sites for hydroxylation is 2. The molecule has 0 fully saturated rings. The molecule has 2 aromatic rings. The van der Waals surface area contributed by atoms with E-state index in [0.717, 1.165) is 11.3 Å². The lowest BCUT2D eigenvalue weighted by atomic mass is 10.1. The van der Waals surface area contributed by atoms with Gasteiger partial charge in [0.1, 0.15) is 0 Å². The van der Waals surface area contributed by atoms with Crippen LogP contribution in [0.4, 0.5) is 11.4 Å². The van der Waals surface area contributed by atoms with E-state index in [-0.39, 0.29) is 5.97 Å². The fraction of sp³-hybridized carbons (Fsp3) is 0.286. The van der Waals surface area contributed by atoms with E-state index >= 15 is 0 Å². The number of ether oxygens (including phenoxy) is 1. The van der Waals surface area contributed by atoms with Crippen LogP contribution in [0.5, 0.6) is 0 Å². The average Bonchev–Trinajstić information content (AvgIpc) is 2.75. The summed E-state index contributed by atoms with van der Waals surface area (Å²) in [5, 5.41) is 7.49. The summed E-state index contributed by atoms with van der Waals surface area (Å²) in [6, 6.07) is 5.01. The fourth-order valence-electron chi connectivity index (χ4n) is 1.97. The molecule has 0 bridgehead atoms. The Morgan fingerprint density at radius 2 is 2.25 bits per heavy atom. The van der Waals surface area contributed by atoms with Gasteiger partial charge in [0.25, 0.3) is 0 Å². The second kappa shape index (κ2) is 5.64. The zero-order valence-electron chi connectivity index (χ0n) is 11.8. The van der Waals surface area contributed by atoms with Gasteiger partial charge in [0, 0.05) is 25.4 Å². The van der Waals surface area contributed by atoms with Crippen molar-refractivity contribution in [1.82, 2.24) is 9.78 Å². The maximum absolute atomic E-state index is 11.5. The Morgan fingerprint density at radius 1 is 1.50 bits per heavy atom. The molecule has 106 valence electrons. The van der Waals surface area contributed by atoms with E-state index in [1.165, 1.54) is 7.11 Å². The van der Waals surface area contributed by atoms with E-state index in [4.69, 9.17) is 10.5 Å². The second-order valence-electron chi connectivity index (χ2n) is 4.56. The van der Waals surface area contributed by atoms with Gasteiger partial charge in [-0.25, -0.2) is 4.79 Å². The first-order valence-electron chi connectivity index (χ1n) is 6.22. The van der Waals surface area contributed by atoms with Crippen LogP contribution in [-0.2, 0) is 18.3 Å². The molecule has 0 radical (unpaired) electrons. The highest BCUT2D eigenvalue weighted by Gasteiger charge is 2.09. The molecule has 0 atom stereocenters. The van der Waals surface area contributed by atoms with Gasteiger partial charge in [0.05, 0.1) is 29.7 Å². The van der Waals surface area contributed by atoms with Crippen LogP contribution in [0, 0.1) is 6.92 Å². The van der Waals surface area contributed by atoms with Crippen molar-refractivity contribution in [3.05, 3.63) is 41.2 Å². The van der Waals surface area contributed by atoms with Crippen LogP contribution in [0.1, 0.15) is 21.6 Å². The van der Waals surface area contributed by atoms with Crippen LogP contribution >= 0.6 is 0 Å². The van der Waals surface area contributed by atoms with E-state index in [2.05, 4.69) is 10.4 Å². The maximum atomic E-state index is 11.5. The summed E-state index contributed by atoms with van der Waals surface area (Å²) in [4.78, 5) is 11.5. The topological polar surface area (TPSA) is 82.2 Å². The standard InChI is InChI=1S/C14H18N4O2/c1-9-11(8-18(2)17-9)7-16-13-6-10(14(19)20-3)4-5-12(13)15/h4-6,8,16H,7,15H2,1-3H3. The highest BCUT2D eigenvalue weighted by Crippen LogP contribution is 2.21. The summed E-state index contributed by atoms with van der Waals surface area (Å²) in [6.45, 7) is 2.54. The van der Waals surface area contributed by atoms with Crippen LogP contribution < -0.4 is 11.1 Å². The largest absolute Gasteiger partial charge is 0.465 e. The Kier molecular flexibility index (Phi) is 3.93. The highest BCUT2D eigenvalue weighted by atomic mass is 16.5. The monoisotopic (exact) mass is 274 g/mol. The van der Waals surface area contributed by atoms with Gasteiger partial charge in [-0.15, -0.1) is 0 Å². The van der Waals surface area contributed by atoms with Crippen molar-refractivity contribution in [2.24, 2.45) is 7.05 Å². The van der Waals surface area contributed by atoms with Crippen molar-refractivity contribution in [2.75, 3.05) is 18.2 Å². The summed E-state index contributed by atoms with van der Waals surface area (Å²) in [6.07, 6.45) is 1.95. The SMILES string of the molecule is COC(=O)c1ccc(N)c(NCc2cn(C)nc2C)c1. The van der Waals surface area contributed by atoms with E-state index in [1.807, 2.05) is 20.2 Å². The minimum atomic E-state index is -0.384. The third-order valence-electron chi connectivity index (χ3n) is 3.06. The number of anilines is 2. The number of nitrogen functional groups attached to an aromatic ring is 1. The number of aromatic nitrogens is 2. The van der Waals surface area contributed by atoms with Crippen LogP contribution in [-0.4, -0.2) is 22.9 Å². The molecule has 0 unspecified atom stereocenters. The third-order valence-corrected chi connectivity index (χ3v) is 3.06. The van der Waals surface area contributed by atoms with Gasteiger partial charge in [-0.2, -0.15) is 5.10 Å². The molecule has 0 spiro atoms. The van der Waals surface area contributed by atoms with Gasteiger partial charge in [-0.3, -0.25) is 4.68 Å². The molecular weight excluding hydrogens is 256 g/mol. The Hall–Kier alpha value is -2.50. The van der Waals surface area contributed by atoms with Gasteiger partial charge in [-0.05, 0) is 25.1 Å². The smallest absolute Gasteiger partial charge is 0.337 e. The molecule has 1 heterocycles. The van der Waals surface area contributed by atoms with Gasteiger partial charge in [-0.1, -0.05) is 0 Å². The van der Waals surface area contributed by atoms with Crippen molar-refractivity contribution < 1.29 is 9.53 Å². The normalized spacial score (nSPS) is 10.3. The lowest BCUT2D eigenvalue weighted by Crippen LogP contribution is -2.06. The first-order valence-corrected chi connectivity index (χ1v) is 6.22. The predicted molar refractivity (Wildman–Crippen MR) is 77.5 cm³/mol. The number of carbonyl (C=O) groups excluding carboxylic acids is 1. The summed E-state index contributed by atoms with van der Waals surface area (Å²) in [7, 11) is 3.23. The molecule has 2 rings (SSSR count). The van der Waals surface area contributed by atoms with Gasteiger partial charge < -0.3 is 15.8 Å². The van der Waals surface area contributed by atoms with Crippen molar-refractivity contribution in [3.8, 4) is 0 Å². The van der Waals surface area contributed by atoms with Gasteiger partial charge in [0.15, 0.2) is 0 Å². The zero-order chi connectivity index (χ0) is 14.7. The molecule has 0 saturated carbocycles. The molecule has 1 aromatic heterocycles. The lowest BCUT2D eigenvalue weighted by molar-refractivity contribution is 0.0601. The Bertz CT molecular complexity index is 634. The molecule has 6 nitrogen and oxygen atoms in total. The quantitative estimate of drug-likeness (QED) is 0.655. The molecule has 1 aromatic carbocycles. The molecular formula is C14H18N4O2. The minimum absolute atomic E-state index is 0.384. The number of benzene rings is 1. The van der Waals surface area contributed by atoms with Crippen LogP contribution in [0.2, 0.25) is 0 Å². The van der Waals surface area contributed by atoms with Crippen molar-refractivity contribution in [2.45, 2.75) is 13.5 Å². The summed E-state index contributed by atoms with van der Waals surface area (Å²) >= 11 is 0. The molecule has 0 aliphatic rings. The number of methoxy groups -OCH3 is 1. The Labute approximate surface area is 117 Å². The molecule has 20 heavy (non-hydrogen) atoms. The number of nitrogens with two attached hydrogens (primary N) is 1. The molecule has 3 N–H and O–H groups in total. The van der Waals surface area contributed by atoms with Crippen LogP contribution in [0.15, 0.2) is 24.4 Å². The van der Waals surface area contributed by atoms with Crippen LogP contribution in [0.3, 0.4) is 0 Å². The lowest BCUT2D eigenvalue weighted by Gasteiger charge is -2.10. The number of hydrogen-bond acceptors (Lipinski definition) is 5. The van der Waals surface area contributed by atoms with Crippen molar-refractivity contribution in [1.29, 1.82) is 0 Å². The molecule has 0 saturated heterocycles. The van der Waals surface area contributed by atoms with Crippen molar-refractivity contribution in [3.63, 3.8) is 0 Å². The summed E-state index contributed by atoms with van der Waals surface area (Å²) in [5.74, 6) is -0.384. The first kappa shape index (κ1) is 13.9. The van der Waals surface area contributed by atoms with Crippen molar-refractivity contribution >= 4 is 17.3 Å². The average molecular weight is 274 g/mol. The molecule has 6 heteroatoms. The Balaban J connectivity index is 2.16. The minimum Gasteiger partial charge on any atom is -0.465 e.